The molecule has 160 valence electrons. The predicted molar refractivity (Wildman–Crippen MR) is 95.9 cm³/mol. The Labute approximate surface area is 165 Å². The first-order chi connectivity index (χ1) is 13.6. The first-order valence-corrected chi connectivity index (χ1v) is 8.93. The Morgan fingerprint density at radius 2 is 1.97 bits per heavy atom. The van der Waals surface area contributed by atoms with Gasteiger partial charge < -0.3 is 14.7 Å². The molecule has 2 atom stereocenters. The molecule has 1 aromatic rings. The van der Waals surface area contributed by atoms with Crippen molar-refractivity contribution in [2.75, 3.05) is 32.8 Å². The summed E-state index contributed by atoms with van der Waals surface area (Å²) in [5.41, 5.74) is 0.422. The fourth-order valence-corrected chi connectivity index (χ4v) is 3.31. The zero-order valence-corrected chi connectivity index (χ0v) is 15.6. The Morgan fingerprint density at radius 3 is 2.55 bits per heavy atom. The zero-order chi connectivity index (χ0) is 21.6. The number of nitrogens with zero attached hydrogens (tertiary/aromatic N) is 2. The van der Waals surface area contributed by atoms with E-state index >= 15 is 0 Å². The molecule has 6 nitrogen and oxygen atoms in total. The molecule has 29 heavy (non-hydrogen) atoms. The molecule has 0 radical (unpaired) electrons. The first kappa shape index (κ1) is 22.8. The first-order valence-electron chi connectivity index (χ1n) is 8.93. The largest absolute Gasteiger partial charge is 0.490 e. The maximum Gasteiger partial charge on any atom is 0.490 e. The van der Waals surface area contributed by atoms with Crippen molar-refractivity contribution < 1.29 is 37.0 Å². The average molecular weight is 418 g/mol. The van der Waals surface area contributed by atoms with E-state index in [9.17, 15) is 22.4 Å². The molecule has 1 amide bonds. The number of carbonyl (C=O) groups is 2. The average Bonchev–Trinajstić information content (AvgIpc) is 3.07. The van der Waals surface area contributed by atoms with Crippen LogP contribution in [0.4, 0.5) is 17.6 Å². The normalized spacial score (nSPS) is 21.7. The van der Waals surface area contributed by atoms with Crippen LogP contribution in [-0.4, -0.2) is 77.9 Å². The van der Waals surface area contributed by atoms with Gasteiger partial charge in [0.05, 0.1) is 12.7 Å². The summed E-state index contributed by atoms with van der Waals surface area (Å²) < 4.78 is 50.7. The van der Waals surface area contributed by atoms with Crippen LogP contribution < -0.4 is 0 Å². The second-order valence-corrected chi connectivity index (χ2v) is 6.69. The van der Waals surface area contributed by atoms with Gasteiger partial charge in [-0.05, 0) is 24.6 Å². The van der Waals surface area contributed by atoms with Crippen molar-refractivity contribution in [1.29, 1.82) is 0 Å². The van der Waals surface area contributed by atoms with Gasteiger partial charge in [0.1, 0.15) is 5.82 Å². The van der Waals surface area contributed by atoms with E-state index < -0.39 is 12.1 Å². The molecular weight excluding hydrogens is 396 g/mol. The van der Waals surface area contributed by atoms with E-state index in [0.29, 0.717) is 31.3 Å². The number of carboxylic acid groups (broad SMARTS) is 1. The third kappa shape index (κ3) is 6.53. The summed E-state index contributed by atoms with van der Waals surface area (Å²) in [5, 5.41) is 7.12. The number of benzene rings is 1. The highest BCUT2D eigenvalue weighted by Gasteiger charge is 2.38. The number of halogens is 4. The molecule has 0 aromatic heterocycles. The lowest BCUT2D eigenvalue weighted by Gasteiger charge is -2.37. The van der Waals surface area contributed by atoms with Gasteiger partial charge in [-0.3, -0.25) is 9.69 Å². The summed E-state index contributed by atoms with van der Waals surface area (Å²) in [5.74, 6) is -3.22. The quantitative estimate of drug-likeness (QED) is 0.601. The van der Waals surface area contributed by atoms with Crippen LogP contribution in [0.25, 0.3) is 0 Å². The Morgan fingerprint density at radius 1 is 1.28 bits per heavy atom. The molecule has 1 N–H and O–H groups in total. The second-order valence-electron chi connectivity index (χ2n) is 6.69. The van der Waals surface area contributed by atoms with Gasteiger partial charge in [-0.2, -0.15) is 13.2 Å². The minimum atomic E-state index is -5.08. The van der Waals surface area contributed by atoms with Crippen LogP contribution in [-0.2, 0) is 9.53 Å². The van der Waals surface area contributed by atoms with Crippen LogP contribution in [0.3, 0.4) is 0 Å². The van der Waals surface area contributed by atoms with E-state index in [-0.39, 0.29) is 17.8 Å². The predicted octanol–water partition coefficient (Wildman–Crippen LogP) is 2.56. The highest BCUT2D eigenvalue weighted by Crippen LogP contribution is 2.25. The fourth-order valence-electron chi connectivity index (χ4n) is 3.31. The van der Waals surface area contributed by atoms with Crippen molar-refractivity contribution in [3.63, 3.8) is 0 Å². The number of aliphatic carboxylic acids is 1. The lowest BCUT2D eigenvalue weighted by molar-refractivity contribution is -0.192. The molecule has 0 unspecified atom stereocenters. The Kier molecular flexibility index (Phi) is 7.74. The van der Waals surface area contributed by atoms with Gasteiger partial charge in [-0.15, -0.1) is 6.58 Å². The molecule has 2 aliphatic rings. The molecular formula is C19H22F4N2O4. The van der Waals surface area contributed by atoms with E-state index in [1.54, 1.807) is 18.2 Å². The van der Waals surface area contributed by atoms with E-state index in [0.717, 1.165) is 19.5 Å². The van der Waals surface area contributed by atoms with Crippen LogP contribution in [0.15, 0.2) is 36.9 Å². The smallest absolute Gasteiger partial charge is 0.475 e. The lowest BCUT2D eigenvalue weighted by atomic mass is 10.1. The summed E-state index contributed by atoms with van der Waals surface area (Å²) >= 11 is 0. The molecule has 0 saturated carbocycles. The van der Waals surface area contributed by atoms with Gasteiger partial charge in [0.15, 0.2) is 0 Å². The Bertz CT molecular complexity index is 741. The molecule has 2 aliphatic heterocycles. The standard InChI is InChI=1S/C17H21FN2O2.C2HF3O2/c1-2-8-22-16-10-15-11-20(7-6-19(15)12-16)17(21)13-4-3-5-14(18)9-13;3-2(4,5)1(6)7/h2-5,9,15-16H,1,6-8,10-12H2;(H,6,7)/t15-,16+;/m0./s1. The van der Waals surface area contributed by atoms with Crippen LogP contribution in [0, 0.1) is 5.82 Å². The maximum atomic E-state index is 13.3. The van der Waals surface area contributed by atoms with Gasteiger partial charge in [-0.25, -0.2) is 9.18 Å². The number of carbonyl (C=O) groups excluding carboxylic acids is 1. The highest BCUT2D eigenvalue weighted by atomic mass is 19.4. The Hall–Kier alpha value is -2.46. The third-order valence-electron chi connectivity index (χ3n) is 4.63. The number of carboxylic acids is 1. The van der Waals surface area contributed by atoms with Gasteiger partial charge in [0.2, 0.25) is 0 Å². The van der Waals surface area contributed by atoms with Crippen LogP contribution in [0.1, 0.15) is 16.8 Å². The third-order valence-corrected chi connectivity index (χ3v) is 4.63. The van der Waals surface area contributed by atoms with Crippen LogP contribution in [0.5, 0.6) is 0 Å². The van der Waals surface area contributed by atoms with Gasteiger partial charge in [-0.1, -0.05) is 12.1 Å². The number of piperazine rings is 1. The monoisotopic (exact) mass is 418 g/mol. The minimum Gasteiger partial charge on any atom is -0.475 e. The second kappa shape index (κ2) is 9.84. The van der Waals surface area contributed by atoms with Crippen molar-refractivity contribution in [3.05, 3.63) is 48.3 Å². The van der Waals surface area contributed by atoms with Gasteiger partial charge in [0, 0.05) is 37.8 Å². The van der Waals surface area contributed by atoms with Crippen molar-refractivity contribution in [2.24, 2.45) is 0 Å². The van der Waals surface area contributed by atoms with Crippen molar-refractivity contribution in [3.8, 4) is 0 Å². The number of rotatable bonds is 4. The highest BCUT2D eigenvalue weighted by molar-refractivity contribution is 5.94. The van der Waals surface area contributed by atoms with Crippen LogP contribution >= 0.6 is 0 Å². The summed E-state index contributed by atoms with van der Waals surface area (Å²) in [6, 6.07) is 6.24. The number of fused-ring (bicyclic) bond motifs is 1. The number of amides is 1. The molecule has 2 heterocycles. The lowest BCUT2D eigenvalue weighted by Crippen LogP contribution is -2.52. The van der Waals surface area contributed by atoms with Gasteiger partial charge in [0.25, 0.3) is 5.91 Å². The van der Waals surface area contributed by atoms with Crippen molar-refractivity contribution >= 4 is 11.9 Å². The topological polar surface area (TPSA) is 70.1 Å². The Balaban J connectivity index is 0.000000370. The molecule has 2 saturated heterocycles. The van der Waals surface area contributed by atoms with E-state index in [4.69, 9.17) is 14.6 Å². The van der Waals surface area contributed by atoms with Crippen molar-refractivity contribution in [2.45, 2.75) is 24.7 Å². The molecule has 3 rings (SSSR count). The molecule has 1 aromatic carbocycles. The molecule has 10 heteroatoms. The van der Waals surface area contributed by atoms with E-state index in [2.05, 4.69) is 11.5 Å². The molecule has 2 fully saturated rings. The summed E-state index contributed by atoms with van der Waals surface area (Å²) in [7, 11) is 0. The zero-order valence-electron chi connectivity index (χ0n) is 15.6. The van der Waals surface area contributed by atoms with Crippen molar-refractivity contribution in [1.82, 2.24) is 9.80 Å². The van der Waals surface area contributed by atoms with Gasteiger partial charge >= 0.3 is 12.1 Å². The molecule has 0 spiro atoms. The molecule has 0 bridgehead atoms. The van der Waals surface area contributed by atoms with E-state index in [1.165, 1.54) is 12.1 Å². The number of ether oxygens (including phenoxy) is 1. The number of hydrogen-bond acceptors (Lipinski definition) is 4. The summed E-state index contributed by atoms with van der Waals surface area (Å²) in [6.45, 7) is 7.36. The van der Waals surface area contributed by atoms with Crippen LogP contribution in [0.2, 0.25) is 0 Å². The maximum absolute atomic E-state index is 13.3. The SMILES string of the molecule is C=CCO[C@@H]1C[C@H]2CN(C(=O)c3cccc(F)c3)CCN2C1.O=C(O)C(F)(F)F. The summed E-state index contributed by atoms with van der Waals surface area (Å²) in [4.78, 5) is 25.6. The minimum absolute atomic E-state index is 0.0883. The van der Waals surface area contributed by atoms with E-state index in [1.807, 2.05) is 4.90 Å². The molecule has 0 aliphatic carbocycles. The number of alkyl halides is 3. The fraction of sp³-hybridized carbons (Fsp3) is 0.474. The number of hydrogen-bond donors (Lipinski definition) is 1. The summed E-state index contributed by atoms with van der Waals surface area (Å²) in [6.07, 6.45) is -2.18.